The fraction of sp³-hybridized carbons (Fsp3) is 0.412. The topological polar surface area (TPSA) is 126 Å². The van der Waals surface area contributed by atoms with Crippen molar-refractivity contribution in [1.29, 1.82) is 0 Å². The molecule has 1 aromatic carbocycles. The lowest BCUT2D eigenvalue weighted by Crippen LogP contribution is -2.55. The number of carbonyl (C=O) groups excluding carboxylic acids is 4. The van der Waals surface area contributed by atoms with Crippen molar-refractivity contribution >= 4 is 34.3 Å². The molecule has 3 aliphatic rings. The number of carbonyl (C=O) groups is 4. The van der Waals surface area contributed by atoms with E-state index in [9.17, 15) is 24.3 Å². The van der Waals surface area contributed by atoms with Gasteiger partial charge in [-0.3, -0.25) is 19.2 Å². The molecule has 8 heteroatoms. The van der Waals surface area contributed by atoms with E-state index in [-0.39, 0.29) is 5.92 Å². The maximum Gasteiger partial charge on any atom is 0.303 e. The van der Waals surface area contributed by atoms with Crippen LogP contribution in [-0.2, 0) is 30.3 Å². The van der Waals surface area contributed by atoms with Crippen LogP contribution in [0.5, 0.6) is 0 Å². The maximum absolute atomic E-state index is 14.3. The Kier molecular flexibility index (Phi) is 7.94. The van der Waals surface area contributed by atoms with Gasteiger partial charge in [-0.15, -0.1) is 0 Å². The lowest BCUT2D eigenvalue weighted by atomic mass is 9.55. The molecular weight excluding hydrogens is 532 g/mol. The molecule has 2 aliphatic carbocycles. The predicted molar refractivity (Wildman–Crippen MR) is 159 cm³/mol. The summed E-state index contributed by atoms with van der Waals surface area (Å²) >= 11 is 0. The number of benzene rings is 1. The van der Waals surface area contributed by atoms with Gasteiger partial charge in [-0.2, -0.15) is 0 Å². The zero-order valence-electron chi connectivity index (χ0n) is 24.6. The first-order chi connectivity index (χ1) is 20.0. The van der Waals surface area contributed by atoms with Gasteiger partial charge in [-0.1, -0.05) is 48.9 Å². The summed E-state index contributed by atoms with van der Waals surface area (Å²) in [6, 6.07) is 7.50. The number of hydrogen-bond donors (Lipinski definition) is 3. The largest absolute Gasteiger partial charge is 0.450 e. The molecule has 7 atom stereocenters. The number of aliphatic hydroxyl groups excluding tert-OH is 1. The molecule has 5 rings (SSSR count). The average molecular weight is 571 g/mol. The molecule has 3 N–H and O–H groups in total. The predicted octanol–water partition coefficient (Wildman–Crippen LogP) is 4.31. The van der Waals surface area contributed by atoms with Gasteiger partial charge in [0.15, 0.2) is 11.9 Å². The highest BCUT2D eigenvalue weighted by Crippen LogP contribution is 2.55. The molecule has 1 aliphatic heterocycles. The molecule has 0 bridgehead atoms. The number of esters is 1. The van der Waals surface area contributed by atoms with E-state index in [0.717, 1.165) is 39.8 Å². The quantitative estimate of drug-likeness (QED) is 0.287. The monoisotopic (exact) mass is 570 g/mol. The molecule has 0 radical (unpaired) electrons. The number of aromatic amines is 1. The molecule has 1 fully saturated rings. The highest BCUT2D eigenvalue weighted by atomic mass is 16.5. The Morgan fingerprint density at radius 1 is 1.10 bits per heavy atom. The molecule has 1 spiro atoms. The van der Waals surface area contributed by atoms with Crippen molar-refractivity contribution < 1.29 is 29.0 Å². The van der Waals surface area contributed by atoms with Gasteiger partial charge < -0.3 is 20.1 Å². The SMILES string of the molecule is CC(=O)O[C@H]1C(=O)/C=C/C(=O)[C@]23C(=O)N[C@@H](Cc4c[nH]c5ccccc45)[C@@H]2C(C)=C(C)[C@@H](O)[C@@H]3/C=C/C[C@H](C)C=C1C. The Morgan fingerprint density at radius 3 is 2.57 bits per heavy atom. The van der Waals surface area contributed by atoms with E-state index in [4.69, 9.17) is 4.74 Å². The minimum atomic E-state index is -1.66. The summed E-state index contributed by atoms with van der Waals surface area (Å²) < 4.78 is 5.34. The van der Waals surface area contributed by atoms with Crippen LogP contribution in [0.3, 0.4) is 0 Å². The molecule has 220 valence electrons. The van der Waals surface area contributed by atoms with Crippen molar-refractivity contribution in [2.75, 3.05) is 0 Å². The Morgan fingerprint density at radius 2 is 1.83 bits per heavy atom. The zero-order chi connectivity index (χ0) is 30.3. The van der Waals surface area contributed by atoms with Gasteiger partial charge >= 0.3 is 5.97 Å². The number of fused-ring (bicyclic) bond motifs is 1. The number of nitrogens with one attached hydrogen (secondary N) is 2. The minimum absolute atomic E-state index is 0.0366. The van der Waals surface area contributed by atoms with Gasteiger partial charge in [0, 0.05) is 41.9 Å². The third-order valence-corrected chi connectivity index (χ3v) is 9.26. The molecule has 1 saturated heterocycles. The molecule has 0 unspecified atom stereocenters. The third kappa shape index (κ3) is 4.87. The molecule has 8 nitrogen and oxygen atoms in total. The minimum Gasteiger partial charge on any atom is -0.450 e. The fourth-order valence-corrected chi connectivity index (χ4v) is 7.19. The summed E-state index contributed by atoms with van der Waals surface area (Å²) in [5.74, 6) is -3.64. The molecule has 2 aromatic rings. The summed E-state index contributed by atoms with van der Waals surface area (Å²) in [6.45, 7) is 8.65. The maximum atomic E-state index is 14.3. The normalized spacial score (nSPS) is 33.5. The van der Waals surface area contributed by atoms with Crippen LogP contribution in [-0.4, -0.2) is 51.8 Å². The van der Waals surface area contributed by atoms with E-state index in [2.05, 4.69) is 10.3 Å². The summed E-state index contributed by atoms with van der Waals surface area (Å²) in [5.41, 5.74) is 2.42. The van der Waals surface area contributed by atoms with Crippen LogP contribution in [0.4, 0.5) is 0 Å². The van der Waals surface area contributed by atoms with E-state index < -0.39 is 58.9 Å². The molecule has 1 aromatic heterocycles. The summed E-state index contributed by atoms with van der Waals surface area (Å²) in [4.78, 5) is 56.9. The van der Waals surface area contributed by atoms with E-state index in [0.29, 0.717) is 18.4 Å². The van der Waals surface area contributed by atoms with Crippen LogP contribution in [0.25, 0.3) is 10.9 Å². The molecule has 1 amide bonds. The second-order valence-electron chi connectivity index (χ2n) is 12.0. The van der Waals surface area contributed by atoms with Crippen molar-refractivity contribution in [3.8, 4) is 0 Å². The first kappa shape index (κ1) is 29.5. The lowest BCUT2D eigenvalue weighted by Gasteiger charge is -2.45. The summed E-state index contributed by atoms with van der Waals surface area (Å²) in [6.07, 6.45) is 8.52. The van der Waals surface area contributed by atoms with Crippen molar-refractivity contribution in [2.45, 2.75) is 65.7 Å². The number of allylic oxidation sites excluding steroid dienone is 3. The van der Waals surface area contributed by atoms with Crippen LogP contribution in [0.2, 0.25) is 0 Å². The number of aliphatic hydroxyl groups is 1. The van der Waals surface area contributed by atoms with Gasteiger partial charge in [0.1, 0.15) is 5.41 Å². The first-order valence-corrected chi connectivity index (χ1v) is 14.5. The number of ketones is 2. The number of rotatable bonds is 3. The van der Waals surface area contributed by atoms with Crippen LogP contribution >= 0.6 is 0 Å². The Bertz CT molecular complexity index is 1570. The van der Waals surface area contributed by atoms with E-state index in [1.54, 1.807) is 13.0 Å². The molecular formula is C34H38N2O6. The van der Waals surface area contributed by atoms with Gasteiger partial charge in [-0.25, -0.2) is 0 Å². The van der Waals surface area contributed by atoms with Crippen molar-refractivity contribution in [1.82, 2.24) is 10.3 Å². The van der Waals surface area contributed by atoms with E-state index >= 15 is 0 Å². The number of ether oxygens (including phenoxy) is 1. The Balaban J connectivity index is 1.64. The van der Waals surface area contributed by atoms with Crippen molar-refractivity contribution in [2.24, 2.45) is 23.2 Å². The number of para-hydroxylation sites is 1. The van der Waals surface area contributed by atoms with E-state index in [1.807, 2.05) is 63.4 Å². The summed E-state index contributed by atoms with van der Waals surface area (Å²) in [5, 5.41) is 15.7. The second-order valence-corrected chi connectivity index (χ2v) is 12.0. The number of H-pyrrole nitrogens is 1. The van der Waals surface area contributed by atoms with Crippen LogP contribution < -0.4 is 5.32 Å². The number of hydrogen-bond acceptors (Lipinski definition) is 6. The smallest absolute Gasteiger partial charge is 0.303 e. The van der Waals surface area contributed by atoms with Crippen molar-refractivity contribution in [3.63, 3.8) is 0 Å². The van der Waals surface area contributed by atoms with Crippen LogP contribution in [0.15, 0.2) is 77.6 Å². The second kappa shape index (κ2) is 11.3. The van der Waals surface area contributed by atoms with Gasteiger partial charge in [0.25, 0.3) is 0 Å². The molecule has 42 heavy (non-hydrogen) atoms. The first-order valence-electron chi connectivity index (χ1n) is 14.5. The van der Waals surface area contributed by atoms with Crippen molar-refractivity contribution in [3.05, 3.63) is 83.1 Å². The zero-order valence-corrected chi connectivity index (χ0v) is 24.6. The average Bonchev–Trinajstić information content (AvgIpc) is 3.49. The van der Waals surface area contributed by atoms with Crippen LogP contribution in [0, 0.1) is 23.2 Å². The number of amides is 1. The molecule has 0 saturated carbocycles. The molecule has 2 heterocycles. The Labute approximate surface area is 245 Å². The standard InChI is InChI=1S/C34H38N2O6/c1-18-9-8-11-25-31(40)21(4)20(3)30-27(16-23-17-35-26-12-7-6-10-24(23)26)36-33(41)34(25,30)29(39)14-13-28(38)32(19(2)15-18)42-22(5)37/h6-8,10-15,17-18,25,27,30-32,35,40H,9,16H2,1-5H3,(H,36,41)/b11-8+,14-13+,19-15?/t18-,25-,27-,30-,31+,32+,34-/m0/s1. The summed E-state index contributed by atoms with van der Waals surface area (Å²) in [7, 11) is 0. The highest BCUT2D eigenvalue weighted by Gasteiger charge is 2.66. The van der Waals surface area contributed by atoms with Crippen LogP contribution in [0.1, 0.15) is 46.6 Å². The van der Waals surface area contributed by atoms with Gasteiger partial charge in [0.2, 0.25) is 11.7 Å². The fourth-order valence-electron chi connectivity index (χ4n) is 7.19. The van der Waals surface area contributed by atoms with E-state index in [1.165, 1.54) is 6.92 Å². The van der Waals surface area contributed by atoms with Gasteiger partial charge in [0.05, 0.1) is 6.10 Å². The van der Waals surface area contributed by atoms with Gasteiger partial charge in [-0.05, 0) is 74.5 Å². The third-order valence-electron chi connectivity index (χ3n) is 9.26. The lowest BCUT2D eigenvalue weighted by molar-refractivity contribution is -0.149. The number of aromatic nitrogens is 1. The Hall–Kier alpha value is -4.04. The highest BCUT2D eigenvalue weighted by molar-refractivity contribution is 6.16.